The number of nitrogens with one attached hydrogen (secondary N) is 4. The number of carboxylic acids is 1. The molecule has 0 aliphatic carbocycles. The van der Waals surface area contributed by atoms with Crippen molar-refractivity contribution >= 4 is 41.5 Å². The van der Waals surface area contributed by atoms with Crippen molar-refractivity contribution in [2.75, 3.05) is 20.1 Å². The van der Waals surface area contributed by atoms with E-state index in [2.05, 4.69) is 26.3 Å². The lowest BCUT2D eigenvalue weighted by molar-refractivity contribution is -0.143. The fourth-order valence-electron chi connectivity index (χ4n) is 3.92. The maximum Gasteiger partial charge on any atom is 0.305 e. The minimum Gasteiger partial charge on any atom is -0.481 e. The number of amides is 5. The highest BCUT2D eigenvalue weighted by molar-refractivity contribution is 5.97. The maximum absolute atomic E-state index is 13.5. The van der Waals surface area contributed by atoms with Crippen LogP contribution in [0.1, 0.15) is 31.7 Å². The highest BCUT2D eigenvalue weighted by atomic mass is 16.4. The zero-order chi connectivity index (χ0) is 29.8. The number of aliphatic carboxylic acids is 1. The normalized spacial score (nSPS) is 23.1. The van der Waals surface area contributed by atoms with Crippen molar-refractivity contribution in [3.05, 3.63) is 35.9 Å². The van der Waals surface area contributed by atoms with Crippen LogP contribution in [0, 0.1) is 0 Å². The summed E-state index contributed by atoms with van der Waals surface area (Å²) in [5.74, 6) is -5.24. The third kappa shape index (κ3) is 9.89. The Morgan fingerprint density at radius 1 is 0.975 bits per heavy atom. The van der Waals surface area contributed by atoms with E-state index < -0.39 is 72.6 Å². The predicted molar refractivity (Wildman–Crippen MR) is 143 cm³/mol. The van der Waals surface area contributed by atoms with Crippen LogP contribution in [-0.4, -0.2) is 95.8 Å². The number of hydrogen-bond donors (Lipinski definition) is 7. The van der Waals surface area contributed by atoms with E-state index in [1.807, 2.05) is 0 Å². The summed E-state index contributed by atoms with van der Waals surface area (Å²) in [6.45, 7) is 1.05. The van der Waals surface area contributed by atoms with Crippen molar-refractivity contribution in [2.24, 2.45) is 16.5 Å². The quantitative estimate of drug-likeness (QED) is 0.0985. The Morgan fingerprint density at radius 2 is 1.62 bits per heavy atom. The van der Waals surface area contributed by atoms with Crippen molar-refractivity contribution < 1.29 is 33.9 Å². The summed E-state index contributed by atoms with van der Waals surface area (Å²) in [6.07, 6.45) is -0.314. The van der Waals surface area contributed by atoms with Crippen LogP contribution >= 0.6 is 0 Å². The van der Waals surface area contributed by atoms with E-state index in [4.69, 9.17) is 11.5 Å². The number of aliphatic imine (C=N–C) groups is 1. The van der Waals surface area contributed by atoms with Crippen LogP contribution in [-0.2, 0) is 35.2 Å². The van der Waals surface area contributed by atoms with Gasteiger partial charge in [0.1, 0.15) is 24.2 Å². The van der Waals surface area contributed by atoms with Crippen molar-refractivity contribution in [1.29, 1.82) is 0 Å². The summed E-state index contributed by atoms with van der Waals surface area (Å²) in [5.41, 5.74) is 11.3. The second-order valence-electron chi connectivity index (χ2n) is 9.32. The zero-order valence-electron chi connectivity index (χ0n) is 22.4. The van der Waals surface area contributed by atoms with E-state index in [1.54, 1.807) is 30.3 Å². The molecule has 1 aromatic carbocycles. The van der Waals surface area contributed by atoms with Gasteiger partial charge in [0.25, 0.3) is 0 Å². The Balaban J connectivity index is 2.40. The average Bonchev–Trinajstić information content (AvgIpc) is 2.90. The van der Waals surface area contributed by atoms with Crippen molar-refractivity contribution in [1.82, 2.24) is 26.2 Å². The number of hydrogen-bond acceptors (Lipinski definition) is 7. The maximum atomic E-state index is 13.5. The van der Waals surface area contributed by atoms with Crippen LogP contribution in [0.4, 0.5) is 0 Å². The predicted octanol–water partition coefficient (Wildman–Crippen LogP) is -2.81. The van der Waals surface area contributed by atoms with Gasteiger partial charge in [0.2, 0.25) is 29.5 Å². The van der Waals surface area contributed by atoms with Gasteiger partial charge in [-0.2, -0.15) is 0 Å². The van der Waals surface area contributed by atoms with Crippen molar-refractivity contribution in [2.45, 2.75) is 56.8 Å². The van der Waals surface area contributed by atoms with Gasteiger partial charge >= 0.3 is 5.97 Å². The number of benzene rings is 1. The molecule has 0 bridgehead atoms. The van der Waals surface area contributed by atoms with Crippen LogP contribution in [0.2, 0.25) is 0 Å². The lowest BCUT2D eigenvalue weighted by Crippen LogP contribution is -2.58. The average molecular weight is 561 g/mol. The highest BCUT2D eigenvalue weighted by Crippen LogP contribution is 2.10. The lowest BCUT2D eigenvalue weighted by atomic mass is 10.0. The van der Waals surface area contributed by atoms with Gasteiger partial charge in [0, 0.05) is 20.0 Å². The molecule has 15 nitrogen and oxygen atoms in total. The number of carbonyl (C=O) groups is 6. The van der Waals surface area contributed by atoms with Crippen LogP contribution in [0.5, 0.6) is 0 Å². The van der Waals surface area contributed by atoms with E-state index in [0.29, 0.717) is 12.0 Å². The molecular formula is C25H36N8O7. The Labute approximate surface area is 231 Å². The molecule has 0 aromatic heterocycles. The molecule has 1 aromatic rings. The first kappa shape index (κ1) is 31.5. The molecule has 218 valence electrons. The Morgan fingerprint density at radius 3 is 2.25 bits per heavy atom. The standard InChI is InChI=1S/C25H36N8O7/c1-14-21(37)31-16(9-6-10-28-25(26)27)22(38)29-13-19(34)30-17(12-20(35)36)23(39)32-18(24(40)33(14)2)11-15-7-4-3-5-8-15/h3-5,7-8,14,16-18H,6,9-13H2,1-2H3,(H,29,38)(H,30,34)(H,31,37)(H,32,39)(H,35,36)(H4,26,27,28)/t14?,16?,17?,18-/m1/s1. The number of guanidine groups is 1. The molecule has 3 unspecified atom stereocenters. The largest absolute Gasteiger partial charge is 0.481 e. The van der Waals surface area contributed by atoms with Gasteiger partial charge in [-0.3, -0.25) is 33.8 Å². The van der Waals surface area contributed by atoms with Crippen LogP contribution in [0.3, 0.4) is 0 Å². The Bertz CT molecular complexity index is 1120. The fourth-order valence-corrected chi connectivity index (χ4v) is 3.92. The molecule has 0 radical (unpaired) electrons. The molecular weight excluding hydrogens is 524 g/mol. The zero-order valence-corrected chi connectivity index (χ0v) is 22.4. The number of carbonyl (C=O) groups excluding carboxylic acids is 5. The first-order valence-corrected chi connectivity index (χ1v) is 12.6. The van der Waals surface area contributed by atoms with E-state index >= 15 is 0 Å². The van der Waals surface area contributed by atoms with Gasteiger partial charge in [-0.05, 0) is 25.3 Å². The Hall–Kier alpha value is -4.69. The molecule has 1 aliphatic rings. The lowest BCUT2D eigenvalue weighted by Gasteiger charge is -2.30. The van der Waals surface area contributed by atoms with E-state index in [9.17, 15) is 33.9 Å². The minimum absolute atomic E-state index is 0.0330. The van der Waals surface area contributed by atoms with Gasteiger partial charge < -0.3 is 42.7 Å². The molecule has 0 spiro atoms. The molecule has 15 heteroatoms. The molecule has 1 heterocycles. The minimum atomic E-state index is -1.53. The first-order valence-electron chi connectivity index (χ1n) is 12.6. The summed E-state index contributed by atoms with van der Waals surface area (Å²) >= 11 is 0. The number of carboxylic acid groups (broad SMARTS) is 1. The summed E-state index contributed by atoms with van der Waals surface area (Å²) in [5, 5.41) is 19.1. The molecule has 4 atom stereocenters. The summed E-state index contributed by atoms with van der Waals surface area (Å²) < 4.78 is 0. The van der Waals surface area contributed by atoms with Crippen molar-refractivity contribution in [3.8, 4) is 0 Å². The number of likely N-dealkylation sites (N-methyl/N-ethyl adjacent to an activating group) is 1. The van der Waals surface area contributed by atoms with Gasteiger partial charge in [0.05, 0.1) is 13.0 Å². The van der Waals surface area contributed by atoms with Crippen LogP contribution < -0.4 is 32.7 Å². The van der Waals surface area contributed by atoms with Gasteiger partial charge in [-0.25, -0.2) is 0 Å². The Kier molecular flexibility index (Phi) is 11.9. The van der Waals surface area contributed by atoms with Crippen LogP contribution in [0.15, 0.2) is 35.3 Å². The molecule has 1 saturated heterocycles. The third-order valence-corrected chi connectivity index (χ3v) is 6.24. The smallest absolute Gasteiger partial charge is 0.305 e. The summed E-state index contributed by atoms with van der Waals surface area (Å²) in [6, 6.07) is 3.88. The molecule has 1 fully saturated rings. The molecule has 5 amide bonds. The monoisotopic (exact) mass is 560 g/mol. The molecule has 9 N–H and O–H groups in total. The van der Waals surface area contributed by atoms with Crippen LogP contribution in [0.25, 0.3) is 0 Å². The van der Waals surface area contributed by atoms with Gasteiger partial charge in [-0.15, -0.1) is 0 Å². The van der Waals surface area contributed by atoms with E-state index in [0.717, 1.165) is 4.90 Å². The van der Waals surface area contributed by atoms with Gasteiger partial charge in [-0.1, -0.05) is 30.3 Å². The number of rotatable bonds is 8. The van der Waals surface area contributed by atoms with E-state index in [1.165, 1.54) is 14.0 Å². The topological polar surface area (TPSA) is 238 Å². The molecule has 1 aliphatic heterocycles. The molecule has 40 heavy (non-hydrogen) atoms. The molecule has 2 rings (SSSR count). The second-order valence-corrected chi connectivity index (χ2v) is 9.32. The first-order chi connectivity index (χ1) is 18.9. The van der Waals surface area contributed by atoms with Gasteiger partial charge in [0.15, 0.2) is 5.96 Å². The second kappa shape index (κ2) is 15.0. The SMILES string of the molecule is CC1C(=O)NC(CCCN=C(N)N)C(=O)NCC(=O)NC(CC(=O)O)C(=O)N[C@H](Cc2ccccc2)C(=O)N1C. The number of nitrogens with two attached hydrogens (primary N) is 2. The highest BCUT2D eigenvalue weighted by Gasteiger charge is 2.34. The third-order valence-electron chi connectivity index (χ3n) is 6.24. The summed E-state index contributed by atoms with van der Waals surface area (Å²) in [7, 11) is 1.37. The molecule has 0 saturated carbocycles. The fraction of sp³-hybridized carbons (Fsp3) is 0.480. The van der Waals surface area contributed by atoms with E-state index in [-0.39, 0.29) is 25.3 Å². The summed E-state index contributed by atoms with van der Waals surface area (Å²) in [4.78, 5) is 81.5. The van der Waals surface area contributed by atoms with Crippen molar-refractivity contribution in [3.63, 3.8) is 0 Å². The number of nitrogens with zero attached hydrogens (tertiary/aromatic N) is 2.